The second kappa shape index (κ2) is 10.7. The number of thiophene rings is 1. The highest BCUT2D eigenvalue weighted by Gasteiger charge is 2.21. The summed E-state index contributed by atoms with van der Waals surface area (Å²) in [4.78, 5) is 26.4. The molecule has 4 rings (SSSR count). The van der Waals surface area contributed by atoms with Gasteiger partial charge < -0.3 is 10.1 Å². The highest BCUT2D eigenvalue weighted by Crippen LogP contribution is 2.35. The van der Waals surface area contributed by atoms with E-state index in [1.165, 1.54) is 35.6 Å². The number of anilines is 2. The van der Waals surface area contributed by atoms with E-state index in [-0.39, 0.29) is 27.6 Å². The maximum absolute atomic E-state index is 13.1. The molecule has 36 heavy (non-hydrogen) atoms. The zero-order valence-corrected chi connectivity index (χ0v) is 20.7. The van der Waals surface area contributed by atoms with E-state index in [1.807, 2.05) is 30.3 Å². The Labute approximate surface area is 211 Å². The molecule has 0 bridgehead atoms. The van der Waals surface area contributed by atoms with Crippen molar-refractivity contribution in [3.8, 4) is 10.4 Å². The first kappa shape index (κ1) is 25.1. The van der Waals surface area contributed by atoms with Crippen LogP contribution in [0.5, 0.6) is 0 Å². The molecular weight excluding hydrogens is 503 g/mol. The number of sulfonamides is 1. The molecule has 0 unspecified atom stereocenters. The second-order valence-corrected chi connectivity index (χ2v) is 10.3. The molecule has 0 radical (unpaired) electrons. The summed E-state index contributed by atoms with van der Waals surface area (Å²) in [6.45, 7) is 1.90. The predicted molar refractivity (Wildman–Crippen MR) is 137 cm³/mol. The van der Waals surface area contributed by atoms with Crippen LogP contribution in [0, 0.1) is 5.82 Å². The normalized spacial score (nSPS) is 11.1. The lowest BCUT2D eigenvalue weighted by molar-refractivity contribution is 0.0533. The summed E-state index contributed by atoms with van der Waals surface area (Å²) in [6.07, 6.45) is 0. The average Bonchev–Trinajstić information content (AvgIpc) is 3.29. The zero-order valence-electron chi connectivity index (χ0n) is 19.0. The van der Waals surface area contributed by atoms with Gasteiger partial charge in [0, 0.05) is 16.1 Å². The van der Waals surface area contributed by atoms with E-state index in [2.05, 4.69) is 10.0 Å². The Bertz CT molecular complexity index is 1480. The first-order chi connectivity index (χ1) is 17.3. The maximum Gasteiger partial charge on any atom is 0.350 e. The Balaban J connectivity index is 1.52. The van der Waals surface area contributed by atoms with Crippen LogP contribution in [0.1, 0.15) is 27.0 Å². The Kier molecular flexibility index (Phi) is 7.47. The molecule has 10 heteroatoms. The van der Waals surface area contributed by atoms with Crippen LogP contribution >= 0.6 is 11.3 Å². The monoisotopic (exact) mass is 524 g/mol. The summed E-state index contributed by atoms with van der Waals surface area (Å²) >= 11 is 1.22. The van der Waals surface area contributed by atoms with Gasteiger partial charge in [-0.25, -0.2) is 17.6 Å². The van der Waals surface area contributed by atoms with Crippen LogP contribution in [0.4, 0.5) is 15.8 Å². The van der Waals surface area contributed by atoms with E-state index >= 15 is 0 Å². The van der Waals surface area contributed by atoms with Crippen LogP contribution in [0.3, 0.4) is 0 Å². The van der Waals surface area contributed by atoms with Crippen molar-refractivity contribution < 1.29 is 27.1 Å². The smallest absolute Gasteiger partial charge is 0.350 e. The number of carbonyl (C=O) groups excluding carboxylic acids is 2. The summed E-state index contributed by atoms with van der Waals surface area (Å²) < 4.78 is 45.6. The van der Waals surface area contributed by atoms with Gasteiger partial charge in [-0.05, 0) is 67.1 Å². The fourth-order valence-corrected chi connectivity index (χ4v) is 5.36. The number of hydrogen-bond donors (Lipinski definition) is 2. The van der Waals surface area contributed by atoms with Crippen LogP contribution in [0.2, 0.25) is 0 Å². The highest BCUT2D eigenvalue weighted by atomic mass is 32.2. The lowest BCUT2D eigenvalue weighted by atomic mass is 10.1. The Hall–Kier alpha value is -4.02. The van der Waals surface area contributed by atoms with Crippen molar-refractivity contribution >= 4 is 44.6 Å². The van der Waals surface area contributed by atoms with Gasteiger partial charge in [0.2, 0.25) is 0 Å². The zero-order chi connectivity index (χ0) is 25.7. The van der Waals surface area contributed by atoms with Gasteiger partial charge in [-0.2, -0.15) is 0 Å². The minimum absolute atomic E-state index is 0.0936. The molecule has 0 aliphatic rings. The van der Waals surface area contributed by atoms with Crippen LogP contribution in [-0.4, -0.2) is 26.9 Å². The molecule has 0 saturated heterocycles. The minimum atomic E-state index is -3.92. The fraction of sp³-hybridized carbons (Fsp3) is 0.0769. The number of amides is 1. The third-order valence-corrected chi connectivity index (χ3v) is 7.58. The van der Waals surface area contributed by atoms with Gasteiger partial charge in [0.1, 0.15) is 10.7 Å². The fourth-order valence-electron chi connectivity index (χ4n) is 3.29. The van der Waals surface area contributed by atoms with Crippen LogP contribution < -0.4 is 10.0 Å². The molecule has 1 aromatic heterocycles. The largest absolute Gasteiger partial charge is 0.462 e. The lowest BCUT2D eigenvalue weighted by Crippen LogP contribution is -2.15. The first-order valence-corrected chi connectivity index (χ1v) is 13.1. The molecule has 0 spiro atoms. The van der Waals surface area contributed by atoms with E-state index in [9.17, 15) is 22.4 Å². The molecule has 4 aromatic rings. The number of hydrogen-bond acceptors (Lipinski definition) is 6. The lowest BCUT2D eigenvalue weighted by Gasteiger charge is -2.09. The number of rotatable bonds is 8. The number of benzene rings is 3. The maximum atomic E-state index is 13.1. The molecule has 0 saturated carbocycles. The summed E-state index contributed by atoms with van der Waals surface area (Å²) in [5.74, 6) is -1.56. The topological polar surface area (TPSA) is 102 Å². The Morgan fingerprint density at radius 2 is 1.61 bits per heavy atom. The molecule has 0 atom stereocenters. The summed E-state index contributed by atoms with van der Waals surface area (Å²) in [5, 5.41) is 2.75. The quantitative estimate of drug-likeness (QED) is 0.284. The summed E-state index contributed by atoms with van der Waals surface area (Å²) in [5.41, 5.74) is 1.70. The SMILES string of the molecule is CCOC(=O)c1sc(-c2ccccc2)cc1NC(=O)c1ccc(NS(=O)(=O)c2ccc(F)cc2)cc1. The van der Waals surface area contributed by atoms with Gasteiger partial charge in [0.05, 0.1) is 17.2 Å². The molecule has 1 heterocycles. The van der Waals surface area contributed by atoms with E-state index in [1.54, 1.807) is 13.0 Å². The Morgan fingerprint density at radius 3 is 2.25 bits per heavy atom. The van der Waals surface area contributed by atoms with E-state index in [0.717, 1.165) is 34.7 Å². The molecule has 0 fully saturated rings. The third-order valence-electron chi connectivity index (χ3n) is 5.02. The van der Waals surface area contributed by atoms with Gasteiger partial charge in [0.15, 0.2) is 0 Å². The van der Waals surface area contributed by atoms with Gasteiger partial charge >= 0.3 is 5.97 Å². The Morgan fingerprint density at radius 1 is 0.944 bits per heavy atom. The van der Waals surface area contributed by atoms with Crippen molar-refractivity contribution in [3.05, 3.63) is 101 Å². The number of ether oxygens (including phenoxy) is 1. The van der Waals surface area contributed by atoms with Crippen molar-refractivity contribution in [2.24, 2.45) is 0 Å². The number of nitrogens with one attached hydrogen (secondary N) is 2. The number of esters is 1. The van der Waals surface area contributed by atoms with Crippen molar-refractivity contribution in [3.63, 3.8) is 0 Å². The van der Waals surface area contributed by atoms with Crippen LogP contribution in [0.25, 0.3) is 10.4 Å². The standard InChI is InChI=1S/C26H21FN2O5S2/c1-2-34-26(31)24-22(16-23(35-24)17-6-4-3-5-7-17)28-25(30)18-8-12-20(13-9-18)29-36(32,33)21-14-10-19(27)11-15-21/h3-16,29H,2H2,1H3,(H,28,30). The molecule has 0 aliphatic heterocycles. The highest BCUT2D eigenvalue weighted by molar-refractivity contribution is 7.92. The van der Waals surface area contributed by atoms with Gasteiger partial charge in [-0.1, -0.05) is 30.3 Å². The molecule has 3 aromatic carbocycles. The predicted octanol–water partition coefficient (Wildman–Crippen LogP) is 5.78. The van der Waals surface area contributed by atoms with E-state index < -0.39 is 27.7 Å². The van der Waals surface area contributed by atoms with Crippen LogP contribution in [-0.2, 0) is 14.8 Å². The van der Waals surface area contributed by atoms with Gasteiger partial charge in [-0.3, -0.25) is 9.52 Å². The van der Waals surface area contributed by atoms with Crippen molar-refractivity contribution in [2.45, 2.75) is 11.8 Å². The number of halogens is 1. The summed E-state index contributed by atoms with van der Waals surface area (Å²) in [6, 6.07) is 21.4. The third kappa shape index (κ3) is 5.78. The molecule has 1 amide bonds. The van der Waals surface area contributed by atoms with Gasteiger partial charge in [-0.15, -0.1) is 11.3 Å². The first-order valence-electron chi connectivity index (χ1n) is 10.8. The van der Waals surface area contributed by atoms with Crippen molar-refractivity contribution in [2.75, 3.05) is 16.6 Å². The van der Waals surface area contributed by atoms with E-state index in [4.69, 9.17) is 4.74 Å². The van der Waals surface area contributed by atoms with Crippen LogP contribution in [0.15, 0.2) is 89.8 Å². The van der Waals surface area contributed by atoms with Gasteiger partial charge in [0.25, 0.3) is 15.9 Å². The molecular formula is C26H21FN2O5S2. The average molecular weight is 525 g/mol. The number of carbonyl (C=O) groups is 2. The summed E-state index contributed by atoms with van der Waals surface area (Å²) in [7, 11) is -3.92. The van der Waals surface area contributed by atoms with Crippen molar-refractivity contribution in [1.29, 1.82) is 0 Å². The van der Waals surface area contributed by atoms with Crippen molar-refractivity contribution in [1.82, 2.24) is 0 Å². The molecule has 184 valence electrons. The molecule has 7 nitrogen and oxygen atoms in total. The minimum Gasteiger partial charge on any atom is -0.462 e. The molecule has 2 N–H and O–H groups in total. The second-order valence-electron chi connectivity index (χ2n) is 7.53. The van der Waals surface area contributed by atoms with E-state index in [0.29, 0.717) is 5.69 Å². The molecule has 0 aliphatic carbocycles.